The van der Waals surface area contributed by atoms with E-state index in [4.69, 9.17) is 0 Å². The van der Waals surface area contributed by atoms with Crippen LogP contribution in [0, 0.1) is 0 Å². The highest BCUT2D eigenvalue weighted by molar-refractivity contribution is 4.83. The van der Waals surface area contributed by atoms with Crippen molar-refractivity contribution in [3.8, 4) is 0 Å². The van der Waals surface area contributed by atoms with Crippen molar-refractivity contribution in [3.63, 3.8) is 0 Å². The Hall–Kier alpha value is -0.120. The van der Waals surface area contributed by atoms with Gasteiger partial charge in [-0.25, -0.2) is 0 Å². The minimum absolute atomic E-state index is 0.0980. The van der Waals surface area contributed by atoms with Gasteiger partial charge in [0.1, 0.15) is 0 Å². The molecule has 0 aromatic carbocycles. The maximum Gasteiger partial charge on any atom is 0.0610 e. The number of aliphatic hydroxyl groups is 1. The molecule has 0 spiro atoms. The van der Waals surface area contributed by atoms with Crippen LogP contribution in [-0.2, 0) is 0 Å². The van der Waals surface area contributed by atoms with Crippen molar-refractivity contribution in [1.82, 2.24) is 10.2 Å². The van der Waals surface area contributed by atoms with Gasteiger partial charge in [-0.05, 0) is 52.2 Å². The van der Waals surface area contributed by atoms with E-state index in [1.165, 1.54) is 45.3 Å². The van der Waals surface area contributed by atoms with Crippen LogP contribution >= 0.6 is 0 Å². The third kappa shape index (κ3) is 5.84. The number of hydrogen-bond acceptors (Lipinski definition) is 3. The molecular formula is C14H30N2O. The van der Waals surface area contributed by atoms with Gasteiger partial charge < -0.3 is 15.3 Å². The summed E-state index contributed by atoms with van der Waals surface area (Å²) in [5, 5.41) is 12.9. The highest BCUT2D eigenvalue weighted by atomic mass is 16.3. The van der Waals surface area contributed by atoms with Crippen molar-refractivity contribution in [3.05, 3.63) is 0 Å². The number of likely N-dealkylation sites (tertiary alicyclic amines) is 1. The molecule has 0 bridgehead atoms. The lowest BCUT2D eigenvalue weighted by atomic mass is 9.95. The minimum atomic E-state index is -0.0980. The molecule has 1 aliphatic heterocycles. The zero-order chi connectivity index (χ0) is 12.7. The smallest absolute Gasteiger partial charge is 0.0610 e. The molecule has 0 saturated carbocycles. The molecule has 1 atom stereocenters. The van der Waals surface area contributed by atoms with Gasteiger partial charge in [0.15, 0.2) is 0 Å². The van der Waals surface area contributed by atoms with E-state index in [1.54, 1.807) is 0 Å². The van der Waals surface area contributed by atoms with E-state index >= 15 is 0 Å². The molecule has 1 fully saturated rings. The number of aliphatic hydroxyl groups excluding tert-OH is 1. The van der Waals surface area contributed by atoms with Gasteiger partial charge in [0.25, 0.3) is 0 Å². The molecule has 1 heterocycles. The van der Waals surface area contributed by atoms with Crippen LogP contribution in [0.1, 0.15) is 52.9 Å². The Kier molecular flexibility index (Phi) is 6.45. The number of nitrogens with zero attached hydrogens (tertiary/aromatic N) is 1. The Morgan fingerprint density at radius 3 is 2.41 bits per heavy atom. The zero-order valence-electron chi connectivity index (χ0n) is 11.8. The Balaban J connectivity index is 2.13. The van der Waals surface area contributed by atoms with Crippen LogP contribution in [0.4, 0.5) is 0 Å². The summed E-state index contributed by atoms with van der Waals surface area (Å²) in [5.74, 6) is 0. The predicted octanol–water partition coefficient (Wildman–Crippen LogP) is 2.00. The van der Waals surface area contributed by atoms with Gasteiger partial charge >= 0.3 is 0 Å². The van der Waals surface area contributed by atoms with Gasteiger partial charge in [0.05, 0.1) is 6.61 Å². The van der Waals surface area contributed by atoms with Crippen LogP contribution in [0.2, 0.25) is 0 Å². The largest absolute Gasteiger partial charge is 0.394 e. The average molecular weight is 242 g/mol. The van der Waals surface area contributed by atoms with Gasteiger partial charge in [0, 0.05) is 11.6 Å². The third-order valence-corrected chi connectivity index (χ3v) is 3.64. The van der Waals surface area contributed by atoms with Gasteiger partial charge in [-0.1, -0.05) is 20.3 Å². The van der Waals surface area contributed by atoms with E-state index in [2.05, 4.69) is 31.0 Å². The Morgan fingerprint density at radius 1 is 1.24 bits per heavy atom. The lowest BCUT2D eigenvalue weighted by molar-refractivity contribution is 0.152. The first kappa shape index (κ1) is 14.9. The molecule has 2 N–H and O–H groups in total. The summed E-state index contributed by atoms with van der Waals surface area (Å²) in [6, 6.07) is 0.436. The second kappa shape index (κ2) is 7.34. The molecule has 1 saturated heterocycles. The second-order valence-electron chi connectivity index (χ2n) is 6.02. The molecule has 0 aromatic heterocycles. The van der Waals surface area contributed by atoms with Crippen molar-refractivity contribution in [2.24, 2.45) is 0 Å². The highest BCUT2D eigenvalue weighted by Gasteiger charge is 2.23. The van der Waals surface area contributed by atoms with E-state index in [0.717, 1.165) is 6.42 Å². The Bertz CT molecular complexity index is 202. The molecule has 0 amide bonds. The van der Waals surface area contributed by atoms with Crippen molar-refractivity contribution in [1.29, 1.82) is 0 Å². The Labute approximate surface area is 107 Å². The van der Waals surface area contributed by atoms with Crippen LogP contribution in [0.3, 0.4) is 0 Å². The lowest BCUT2D eigenvalue weighted by Gasteiger charge is -2.31. The first-order valence-electron chi connectivity index (χ1n) is 7.17. The maximum absolute atomic E-state index is 9.47. The van der Waals surface area contributed by atoms with Gasteiger partial charge in [-0.15, -0.1) is 0 Å². The van der Waals surface area contributed by atoms with E-state index < -0.39 is 0 Å². The first-order chi connectivity index (χ1) is 8.06. The predicted molar refractivity (Wildman–Crippen MR) is 73.3 cm³/mol. The summed E-state index contributed by atoms with van der Waals surface area (Å²) in [5.41, 5.74) is -0.0980. The van der Waals surface area contributed by atoms with E-state index in [9.17, 15) is 5.11 Å². The molecule has 3 nitrogen and oxygen atoms in total. The lowest BCUT2D eigenvalue weighted by Crippen LogP contribution is -2.49. The van der Waals surface area contributed by atoms with Crippen LogP contribution in [0.15, 0.2) is 0 Å². The molecule has 1 rings (SSSR count). The van der Waals surface area contributed by atoms with Gasteiger partial charge in [-0.2, -0.15) is 0 Å². The first-order valence-corrected chi connectivity index (χ1v) is 7.17. The number of hydrogen-bond donors (Lipinski definition) is 2. The third-order valence-electron chi connectivity index (χ3n) is 3.64. The monoisotopic (exact) mass is 242 g/mol. The molecule has 1 aliphatic rings. The standard InChI is InChI=1S/C14H30N2O/c1-13(2)15-14(3,12-17)8-4-5-9-16-10-6-7-11-16/h13,15,17H,4-12H2,1-3H3. The highest BCUT2D eigenvalue weighted by Crippen LogP contribution is 2.15. The molecule has 0 aromatic rings. The van der Waals surface area contributed by atoms with Crippen LogP contribution in [0.5, 0.6) is 0 Å². The van der Waals surface area contributed by atoms with Crippen molar-refractivity contribution in [2.75, 3.05) is 26.2 Å². The zero-order valence-corrected chi connectivity index (χ0v) is 11.8. The summed E-state index contributed by atoms with van der Waals surface area (Å²) in [4.78, 5) is 2.56. The molecular weight excluding hydrogens is 212 g/mol. The van der Waals surface area contributed by atoms with Crippen molar-refractivity contribution in [2.45, 2.75) is 64.5 Å². The fourth-order valence-corrected chi connectivity index (χ4v) is 2.75. The van der Waals surface area contributed by atoms with E-state index in [0.29, 0.717) is 6.04 Å². The van der Waals surface area contributed by atoms with E-state index in [1.807, 2.05) is 0 Å². The molecule has 17 heavy (non-hydrogen) atoms. The minimum Gasteiger partial charge on any atom is -0.394 e. The summed E-state index contributed by atoms with van der Waals surface area (Å²) >= 11 is 0. The number of nitrogens with one attached hydrogen (secondary N) is 1. The number of rotatable bonds is 8. The fraction of sp³-hybridized carbons (Fsp3) is 1.00. The quantitative estimate of drug-likeness (QED) is 0.639. The van der Waals surface area contributed by atoms with Crippen molar-refractivity contribution < 1.29 is 5.11 Å². The second-order valence-corrected chi connectivity index (χ2v) is 6.02. The topological polar surface area (TPSA) is 35.5 Å². The maximum atomic E-state index is 9.47. The molecule has 102 valence electrons. The fourth-order valence-electron chi connectivity index (χ4n) is 2.75. The number of unbranched alkanes of at least 4 members (excludes halogenated alkanes) is 1. The summed E-state index contributed by atoms with van der Waals surface area (Å²) < 4.78 is 0. The molecule has 3 heteroatoms. The van der Waals surface area contributed by atoms with Gasteiger partial charge in [-0.3, -0.25) is 0 Å². The van der Waals surface area contributed by atoms with Gasteiger partial charge in [0.2, 0.25) is 0 Å². The summed E-state index contributed by atoms with van der Waals surface area (Å²) in [6.07, 6.45) is 6.28. The molecule has 1 unspecified atom stereocenters. The van der Waals surface area contributed by atoms with Crippen LogP contribution in [0.25, 0.3) is 0 Å². The van der Waals surface area contributed by atoms with Crippen LogP contribution in [-0.4, -0.2) is 47.8 Å². The van der Waals surface area contributed by atoms with E-state index in [-0.39, 0.29) is 12.1 Å². The molecule has 0 aliphatic carbocycles. The summed E-state index contributed by atoms with van der Waals surface area (Å²) in [6.45, 7) is 10.5. The average Bonchev–Trinajstić information content (AvgIpc) is 2.76. The SMILES string of the molecule is CC(C)NC(C)(CO)CCCCN1CCCC1. The summed E-state index contributed by atoms with van der Waals surface area (Å²) in [7, 11) is 0. The molecule has 0 radical (unpaired) electrons. The van der Waals surface area contributed by atoms with Crippen LogP contribution < -0.4 is 5.32 Å². The Morgan fingerprint density at radius 2 is 1.88 bits per heavy atom. The van der Waals surface area contributed by atoms with Crippen molar-refractivity contribution >= 4 is 0 Å². The normalized spacial score (nSPS) is 21.0.